The number of carbonyl (C=O) groups is 1. The average molecular weight is 491 g/mol. The number of phosphoric ester groups is 1. The quantitative estimate of drug-likeness (QED) is 0.342. The molecule has 3 atom stereocenters. The van der Waals surface area contributed by atoms with Gasteiger partial charge >= 0.3 is 13.8 Å². The third kappa shape index (κ3) is 8.86. The Morgan fingerprint density at radius 2 is 1.91 bits per heavy atom. The number of esters is 1. The van der Waals surface area contributed by atoms with Crippen molar-refractivity contribution >= 4 is 30.9 Å². The van der Waals surface area contributed by atoms with Gasteiger partial charge in [-0.25, -0.2) is 14.3 Å². The monoisotopic (exact) mass is 491 g/mol. The average Bonchev–Trinajstić information content (AvgIpc) is 3.16. The summed E-state index contributed by atoms with van der Waals surface area (Å²) in [7, 11) is 0.762. The van der Waals surface area contributed by atoms with E-state index in [-0.39, 0.29) is 25.3 Å². The highest BCUT2D eigenvalue weighted by Gasteiger charge is 2.32. The van der Waals surface area contributed by atoms with Crippen LogP contribution in [0.25, 0.3) is 11.2 Å². The Hall–Kier alpha value is -2.31. The molecular weight excluding hydrogens is 457 g/mol. The SMILES string of the molecule is CCOC(=O)C(C)OP(=O)(OC)OCC(CC)OC.CCOc1nc(N)nc2c1ncn2C. The Morgan fingerprint density at radius 1 is 1.21 bits per heavy atom. The van der Waals surface area contributed by atoms with Gasteiger partial charge in [-0.2, -0.15) is 9.97 Å². The number of nitrogen functional groups attached to an aromatic ring is 1. The van der Waals surface area contributed by atoms with Gasteiger partial charge in [-0.3, -0.25) is 13.6 Å². The third-order valence-corrected chi connectivity index (χ3v) is 5.65. The zero-order chi connectivity index (χ0) is 25.0. The lowest BCUT2D eigenvalue weighted by Crippen LogP contribution is -2.24. The van der Waals surface area contributed by atoms with E-state index < -0.39 is 19.9 Å². The van der Waals surface area contributed by atoms with Gasteiger partial charge in [0.25, 0.3) is 0 Å². The normalized spacial score (nSPS) is 14.6. The van der Waals surface area contributed by atoms with Gasteiger partial charge in [0.15, 0.2) is 17.3 Å². The molecule has 0 saturated carbocycles. The van der Waals surface area contributed by atoms with Crippen LogP contribution in [0, 0.1) is 0 Å². The van der Waals surface area contributed by atoms with Gasteiger partial charge in [-0.1, -0.05) is 6.92 Å². The molecule has 2 aromatic rings. The van der Waals surface area contributed by atoms with E-state index in [1.54, 1.807) is 17.8 Å². The summed E-state index contributed by atoms with van der Waals surface area (Å²) in [6, 6.07) is 0. The Morgan fingerprint density at radius 3 is 2.45 bits per heavy atom. The van der Waals surface area contributed by atoms with Gasteiger partial charge in [-0.15, -0.1) is 0 Å². The fourth-order valence-electron chi connectivity index (χ4n) is 2.38. The van der Waals surface area contributed by atoms with Gasteiger partial charge in [0.1, 0.15) is 0 Å². The number of nitrogens with zero attached hydrogens (tertiary/aromatic N) is 4. The van der Waals surface area contributed by atoms with Crippen LogP contribution in [0.4, 0.5) is 5.95 Å². The summed E-state index contributed by atoms with van der Waals surface area (Å²) in [6.07, 6.45) is 1.09. The van der Waals surface area contributed by atoms with E-state index in [0.717, 1.165) is 0 Å². The summed E-state index contributed by atoms with van der Waals surface area (Å²) >= 11 is 0. The fraction of sp³-hybridized carbons (Fsp3) is 0.684. The number of aryl methyl sites for hydroxylation is 1. The van der Waals surface area contributed by atoms with Crippen LogP contribution in [0.1, 0.15) is 34.1 Å². The smallest absolute Gasteiger partial charge is 0.475 e. The third-order valence-electron chi connectivity index (χ3n) is 4.16. The molecule has 0 spiro atoms. The van der Waals surface area contributed by atoms with E-state index in [4.69, 9.17) is 33.5 Å². The van der Waals surface area contributed by atoms with Crippen LogP contribution < -0.4 is 10.5 Å². The summed E-state index contributed by atoms with van der Waals surface area (Å²) in [5.74, 6) is 0.0160. The highest BCUT2D eigenvalue weighted by Crippen LogP contribution is 2.50. The molecule has 14 heteroatoms. The van der Waals surface area contributed by atoms with Crippen molar-refractivity contribution in [3.05, 3.63) is 6.33 Å². The van der Waals surface area contributed by atoms with E-state index in [9.17, 15) is 9.36 Å². The number of hydrogen-bond acceptors (Lipinski definition) is 12. The van der Waals surface area contributed by atoms with Crippen LogP contribution in [0.3, 0.4) is 0 Å². The molecule has 0 fully saturated rings. The predicted molar refractivity (Wildman–Crippen MR) is 121 cm³/mol. The number of imidazole rings is 1. The van der Waals surface area contributed by atoms with E-state index >= 15 is 0 Å². The van der Waals surface area contributed by atoms with Crippen molar-refractivity contribution in [3.8, 4) is 5.88 Å². The molecule has 2 aromatic heterocycles. The number of anilines is 1. The van der Waals surface area contributed by atoms with Gasteiger partial charge < -0.3 is 24.5 Å². The second-order valence-corrected chi connectivity index (χ2v) is 8.27. The van der Waals surface area contributed by atoms with Crippen LogP contribution in [-0.2, 0) is 39.5 Å². The van der Waals surface area contributed by atoms with Crippen molar-refractivity contribution in [2.24, 2.45) is 7.05 Å². The molecular formula is C19H34N5O8P. The van der Waals surface area contributed by atoms with Crippen LogP contribution in [0.5, 0.6) is 5.88 Å². The second-order valence-electron chi connectivity index (χ2n) is 6.54. The Labute approximate surface area is 193 Å². The Kier molecular flexibility index (Phi) is 12.2. The van der Waals surface area contributed by atoms with Gasteiger partial charge in [0.2, 0.25) is 11.8 Å². The molecule has 0 radical (unpaired) electrons. The number of rotatable bonds is 12. The maximum Gasteiger partial charge on any atom is 0.475 e. The van der Waals surface area contributed by atoms with Crippen molar-refractivity contribution in [3.63, 3.8) is 0 Å². The molecule has 13 nitrogen and oxygen atoms in total. The molecule has 0 aliphatic carbocycles. The summed E-state index contributed by atoms with van der Waals surface area (Å²) in [5.41, 5.74) is 6.86. The summed E-state index contributed by atoms with van der Waals surface area (Å²) < 4.78 is 43.9. The van der Waals surface area contributed by atoms with Crippen molar-refractivity contribution in [1.82, 2.24) is 19.5 Å². The van der Waals surface area contributed by atoms with Crippen LogP contribution in [-0.4, -0.2) is 71.7 Å². The lowest BCUT2D eigenvalue weighted by molar-refractivity contribution is -0.151. The van der Waals surface area contributed by atoms with Crippen molar-refractivity contribution in [2.75, 3.05) is 39.8 Å². The van der Waals surface area contributed by atoms with Crippen LogP contribution in [0.2, 0.25) is 0 Å². The minimum absolute atomic E-state index is 0.0493. The van der Waals surface area contributed by atoms with Gasteiger partial charge in [0.05, 0.1) is 32.3 Å². The molecule has 3 unspecified atom stereocenters. The zero-order valence-corrected chi connectivity index (χ0v) is 21.0. The highest BCUT2D eigenvalue weighted by atomic mass is 31.2. The minimum Gasteiger partial charge on any atom is -0.476 e. The van der Waals surface area contributed by atoms with Crippen LogP contribution >= 0.6 is 7.82 Å². The van der Waals surface area contributed by atoms with Crippen LogP contribution in [0.15, 0.2) is 6.33 Å². The maximum atomic E-state index is 12.1. The first kappa shape index (κ1) is 28.7. The molecule has 2 rings (SSSR count). The van der Waals surface area contributed by atoms with E-state index in [0.29, 0.717) is 30.1 Å². The Balaban J connectivity index is 0.000000342. The number of nitrogens with two attached hydrogens (primary N) is 1. The summed E-state index contributed by atoms with van der Waals surface area (Å²) in [5, 5.41) is 0. The molecule has 2 N–H and O–H groups in total. The minimum atomic E-state index is -3.80. The Bertz CT molecular complexity index is 921. The topological polar surface area (TPSA) is 159 Å². The zero-order valence-electron chi connectivity index (χ0n) is 20.1. The summed E-state index contributed by atoms with van der Waals surface area (Å²) in [4.78, 5) is 23.6. The van der Waals surface area contributed by atoms with Gasteiger partial charge in [0, 0.05) is 21.3 Å². The first-order valence-electron chi connectivity index (χ1n) is 10.4. The molecule has 188 valence electrons. The number of methoxy groups -OCH3 is 1. The van der Waals surface area contributed by atoms with Crippen molar-refractivity contribution in [2.45, 2.75) is 46.3 Å². The number of hydrogen-bond donors (Lipinski definition) is 1. The van der Waals surface area contributed by atoms with Crippen molar-refractivity contribution in [1.29, 1.82) is 0 Å². The fourth-order valence-corrected chi connectivity index (χ4v) is 3.46. The summed E-state index contributed by atoms with van der Waals surface area (Å²) in [6.45, 7) is 7.66. The number of aromatic nitrogens is 4. The van der Waals surface area contributed by atoms with E-state index in [1.807, 2.05) is 20.9 Å². The van der Waals surface area contributed by atoms with E-state index in [2.05, 4.69) is 15.0 Å². The highest BCUT2D eigenvalue weighted by molar-refractivity contribution is 7.48. The lowest BCUT2D eigenvalue weighted by Gasteiger charge is -2.21. The number of carbonyl (C=O) groups excluding carboxylic acids is 1. The van der Waals surface area contributed by atoms with Crippen molar-refractivity contribution < 1.29 is 37.1 Å². The molecule has 0 amide bonds. The number of fused-ring (bicyclic) bond motifs is 1. The maximum absolute atomic E-state index is 12.1. The molecule has 0 aliphatic heterocycles. The molecule has 0 saturated heterocycles. The number of phosphoric acid groups is 1. The lowest BCUT2D eigenvalue weighted by atomic mass is 10.3. The molecule has 0 bridgehead atoms. The number of ether oxygens (including phenoxy) is 3. The first-order chi connectivity index (χ1) is 15.6. The van der Waals surface area contributed by atoms with Gasteiger partial charge in [-0.05, 0) is 27.2 Å². The van der Waals surface area contributed by atoms with E-state index in [1.165, 1.54) is 21.1 Å². The predicted octanol–water partition coefficient (Wildman–Crippen LogP) is 2.49. The first-order valence-corrected chi connectivity index (χ1v) is 11.9. The second kappa shape index (κ2) is 14.1. The molecule has 2 heterocycles. The standard InChI is InChI=1S/C11H23O7P.C8H11N5O/c1-6-10(14-4)8-17-19(13,15-5)18-9(3)11(12)16-7-2;1-3-14-7-5-6(11-8(9)12-7)13(2)4-10-5/h9-10H,6-8H2,1-5H3;4H,3H2,1-2H3,(H2,9,11,12). The largest absolute Gasteiger partial charge is 0.476 e. The molecule has 33 heavy (non-hydrogen) atoms. The molecule has 0 aliphatic rings. The molecule has 0 aromatic carbocycles.